The number of hydrogen-bond donors (Lipinski definition) is 1. The van der Waals surface area contributed by atoms with Crippen molar-refractivity contribution >= 4 is 5.82 Å². The minimum atomic E-state index is 0.654. The molecule has 15 heavy (non-hydrogen) atoms. The molecule has 0 spiro atoms. The summed E-state index contributed by atoms with van der Waals surface area (Å²) in [5, 5.41) is 0. The van der Waals surface area contributed by atoms with Gasteiger partial charge in [-0.15, -0.1) is 0 Å². The third-order valence-corrected chi connectivity index (χ3v) is 3.50. The molecule has 0 radical (unpaired) electrons. The molecule has 0 aromatic carbocycles. The van der Waals surface area contributed by atoms with Crippen molar-refractivity contribution in [3.05, 3.63) is 23.4 Å². The van der Waals surface area contributed by atoms with Gasteiger partial charge in [0.1, 0.15) is 5.82 Å². The molecule has 2 rings (SSSR count). The third kappa shape index (κ3) is 2.31. The molecule has 1 saturated carbocycles. The maximum Gasteiger partial charge on any atom is 0.127 e. The lowest BCUT2D eigenvalue weighted by Gasteiger charge is -2.18. The number of hydrogen-bond acceptors (Lipinski definition) is 2. The second-order valence-electron chi connectivity index (χ2n) is 4.62. The van der Waals surface area contributed by atoms with E-state index in [2.05, 4.69) is 18.0 Å². The van der Waals surface area contributed by atoms with Crippen LogP contribution in [-0.2, 0) is 0 Å². The summed E-state index contributed by atoms with van der Waals surface area (Å²) in [5.74, 6) is 1.41. The molecule has 1 aromatic heterocycles. The van der Waals surface area contributed by atoms with Gasteiger partial charge in [-0.1, -0.05) is 25.7 Å². The van der Waals surface area contributed by atoms with Crippen LogP contribution in [-0.4, -0.2) is 4.98 Å². The smallest absolute Gasteiger partial charge is 0.127 e. The maximum atomic E-state index is 5.99. The average molecular weight is 204 g/mol. The van der Waals surface area contributed by atoms with E-state index in [1.54, 1.807) is 0 Å². The lowest BCUT2D eigenvalue weighted by atomic mass is 9.89. The largest absolute Gasteiger partial charge is 0.383 e. The molecule has 1 fully saturated rings. The van der Waals surface area contributed by atoms with Crippen LogP contribution in [0.5, 0.6) is 0 Å². The third-order valence-electron chi connectivity index (χ3n) is 3.50. The number of rotatable bonds is 1. The normalized spacial score (nSPS) is 18.7. The molecule has 0 amide bonds. The van der Waals surface area contributed by atoms with Crippen molar-refractivity contribution in [2.45, 2.75) is 51.4 Å². The molecule has 0 aliphatic heterocycles. The van der Waals surface area contributed by atoms with Gasteiger partial charge in [0.05, 0.1) is 0 Å². The monoisotopic (exact) mass is 204 g/mol. The molecule has 1 aliphatic rings. The van der Waals surface area contributed by atoms with Crippen molar-refractivity contribution in [2.75, 3.05) is 5.73 Å². The predicted octanol–water partition coefficient (Wildman–Crippen LogP) is 3.41. The summed E-state index contributed by atoms with van der Waals surface area (Å²) in [6.07, 6.45) is 9.85. The number of nitrogens with two attached hydrogens (primary N) is 1. The Hall–Kier alpha value is -1.05. The van der Waals surface area contributed by atoms with Crippen LogP contribution in [0.1, 0.15) is 55.6 Å². The molecule has 0 bridgehead atoms. The maximum absolute atomic E-state index is 5.99. The lowest BCUT2D eigenvalue weighted by molar-refractivity contribution is 0.589. The Labute approximate surface area is 91.9 Å². The van der Waals surface area contributed by atoms with Crippen molar-refractivity contribution in [1.82, 2.24) is 4.98 Å². The van der Waals surface area contributed by atoms with E-state index in [0.717, 1.165) is 5.82 Å². The van der Waals surface area contributed by atoms with Gasteiger partial charge in [0.2, 0.25) is 0 Å². The highest BCUT2D eigenvalue weighted by Crippen LogP contribution is 2.35. The van der Waals surface area contributed by atoms with Crippen LogP contribution in [0.3, 0.4) is 0 Å². The Morgan fingerprint density at radius 1 is 1.20 bits per heavy atom. The highest BCUT2D eigenvalue weighted by molar-refractivity contribution is 5.46. The fourth-order valence-corrected chi connectivity index (χ4v) is 2.69. The molecule has 1 heterocycles. The fourth-order valence-electron chi connectivity index (χ4n) is 2.69. The summed E-state index contributed by atoms with van der Waals surface area (Å²) in [7, 11) is 0. The van der Waals surface area contributed by atoms with E-state index in [-0.39, 0.29) is 0 Å². The molecule has 82 valence electrons. The lowest BCUT2D eigenvalue weighted by Crippen LogP contribution is -2.06. The van der Waals surface area contributed by atoms with Crippen molar-refractivity contribution in [1.29, 1.82) is 0 Å². The number of aryl methyl sites for hydroxylation is 1. The van der Waals surface area contributed by atoms with E-state index in [0.29, 0.717) is 5.92 Å². The zero-order chi connectivity index (χ0) is 10.7. The van der Waals surface area contributed by atoms with Crippen molar-refractivity contribution in [3.63, 3.8) is 0 Å². The first kappa shape index (κ1) is 10.5. The van der Waals surface area contributed by atoms with Crippen LogP contribution in [0.25, 0.3) is 0 Å². The highest BCUT2D eigenvalue weighted by atomic mass is 14.8. The number of aromatic nitrogens is 1. The summed E-state index contributed by atoms with van der Waals surface area (Å²) in [6.45, 7) is 2.15. The van der Waals surface area contributed by atoms with Crippen molar-refractivity contribution in [2.24, 2.45) is 0 Å². The van der Waals surface area contributed by atoms with E-state index in [1.807, 2.05) is 6.20 Å². The Morgan fingerprint density at radius 3 is 2.47 bits per heavy atom. The van der Waals surface area contributed by atoms with Crippen molar-refractivity contribution < 1.29 is 0 Å². The Balaban J connectivity index is 2.26. The first-order valence-corrected chi connectivity index (χ1v) is 6.00. The van der Waals surface area contributed by atoms with Crippen LogP contribution in [0.2, 0.25) is 0 Å². The van der Waals surface area contributed by atoms with Gasteiger partial charge in [-0.3, -0.25) is 0 Å². The zero-order valence-corrected chi connectivity index (χ0v) is 9.50. The minimum Gasteiger partial charge on any atom is -0.383 e. The first-order chi connectivity index (χ1) is 7.29. The number of pyridine rings is 1. The molecule has 2 heteroatoms. The second kappa shape index (κ2) is 4.65. The SMILES string of the molecule is Cc1ccnc(N)c1C1CCCCCC1. The summed E-state index contributed by atoms with van der Waals surface area (Å²) in [6, 6.07) is 2.08. The van der Waals surface area contributed by atoms with E-state index in [9.17, 15) is 0 Å². The van der Waals surface area contributed by atoms with Crippen LogP contribution >= 0.6 is 0 Å². The summed E-state index contributed by atoms with van der Waals surface area (Å²) < 4.78 is 0. The van der Waals surface area contributed by atoms with Gasteiger partial charge in [-0.05, 0) is 37.3 Å². The van der Waals surface area contributed by atoms with Crippen LogP contribution in [0, 0.1) is 6.92 Å². The molecular formula is C13H20N2. The van der Waals surface area contributed by atoms with Gasteiger partial charge >= 0.3 is 0 Å². The van der Waals surface area contributed by atoms with Crippen molar-refractivity contribution in [3.8, 4) is 0 Å². The van der Waals surface area contributed by atoms with Crippen LogP contribution in [0.15, 0.2) is 12.3 Å². The fraction of sp³-hybridized carbons (Fsp3) is 0.615. The predicted molar refractivity (Wildman–Crippen MR) is 63.8 cm³/mol. The van der Waals surface area contributed by atoms with Crippen LogP contribution in [0.4, 0.5) is 5.82 Å². The quantitative estimate of drug-likeness (QED) is 0.712. The van der Waals surface area contributed by atoms with Crippen LogP contribution < -0.4 is 5.73 Å². The molecule has 1 aromatic rings. The molecule has 0 saturated heterocycles. The Kier molecular flexibility index (Phi) is 3.24. The summed E-state index contributed by atoms with van der Waals surface area (Å²) in [5.41, 5.74) is 8.63. The average Bonchev–Trinajstić information content (AvgIpc) is 2.46. The number of nitrogens with zero attached hydrogens (tertiary/aromatic N) is 1. The molecular weight excluding hydrogens is 184 g/mol. The topological polar surface area (TPSA) is 38.9 Å². The first-order valence-electron chi connectivity index (χ1n) is 6.00. The van der Waals surface area contributed by atoms with E-state index in [4.69, 9.17) is 5.73 Å². The van der Waals surface area contributed by atoms with Gasteiger partial charge < -0.3 is 5.73 Å². The standard InChI is InChI=1S/C13H20N2/c1-10-8-9-15-13(14)12(10)11-6-4-2-3-5-7-11/h8-9,11H,2-7H2,1H3,(H2,14,15). The van der Waals surface area contributed by atoms with Gasteiger partial charge in [0.15, 0.2) is 0 Å². The zero-order valence-electron chi connectivity index (χ0n) is 9.50. The molecule has 2 nitrogen and oxygen atoms in total. The Bertz CT molecular complexity index is 305. The molecule has 0 unspecified atom stereocenters. The number of nitrogen functional groups attached to an aromatic ring is 1. The molecule has 0 atom stereocenters. The minimum absolute atomic E-state index is 0.654. The summed E-state index contributed by atoms with van der Waals surface area (Å²) >= 11 is 0. The highest BCUT2D eigenvalue weighted by Gasteiger charge is 2.18. The summed E-state index contributed by atoms with van der Waals surface area (Å²) in [4.78, 5) is 4.22. The molecule has 1 aliphatic carbocycles. The van der Waals surface area contributed by atoms with E-state index in [1.165, 1.54) is 49.7 Å². The Morgan fingerprint density at radius 2 is 1.87 bits per heavy atom. The second-order valence-corrected chi connectivity index (χ2v) is 4.62. The molecule has 2 N–H and O–H groups in total. The van der Waals surface area contributed by atoms with Gasteiger partial charge in [0.25, 0.3) is 0 Å². The van der Waals surface area contributed by atoms with E-state index < -0.39 is 0 Å². The van der Waals surface area contributed by atoms with Gasteiger partial charge in [-0.25, -0.2) is 4.98 Å². The van der Waals surface area contributed by atoms with E-state index >= 15 is 0 Å². The van der Waals surface area contributed by atoms with Gasteiger partial charge in [0, 0.05) is 11.8 Å². The van der Waals surface area contributed by atoms with Gasteiger partial charge in [-0.2, -0.15) is 0 Å². The number of anilines is 1.